The summed E-state index contributed by atoms with van der Waals surface area (Å²) in [5, 5.41) is 0. The second-order valence-electron chi connectivity index (χ2n) is 6.69. The van der Waals surface area contributed by atoms with Crippen molar-refractivity contribution in [2.75, 3.05) is 26.9 Å². The van der Waals surface area contributed by atoms with Crippen molar-refractivity contribution in [1.82, 2.24) is 9.88 Å². The van der Waals surface area contributed by atoms with Crippen LogP contribution in [-0.4, -0.2) is 42.7 Å². The largest absolute Gasteiger partial charge is 0.483 e. The van der Waals surface area contributed by atoms with Crippen LogP contribution in [0.25, 0.3) is 0 Å². The van der Waals surface area contributed by atoms with Gasteiger partial charge in [0.15, 0.2) is 6.61 Å². The molecule has 0 radical (unpaired) electrons. The van der Waals surface area contributed by atoms with Crippen LogP contribution < -0.4 is 4.74 Å². The van der Waals surface area contributed by atoms with Gasteiger partial charge in [0.1, 0.15) is 5.75 Å². The normalized spacial score (nSPS) is 10.5. The van der Waals surface area contributed by atoms with Gasteiger partial charge in [-0.2, -0.15) is 0 Å². The Hall–Kier alpha value is -3.18. The Morgan fingerprint density at radius 2 is 1.72 bits per heavy atom. The highest BCUT2D eigenvalue weighted by Crippen LogP contribution is 2.21. The van der Waals surface area contributed by atoms with Gasteiger partial charge in [-0.3, -0.25) is 9.78 Å². The molecule has 1 amide bonds. The van der Waals surface area contributed by atoms with E-state index >= 15 is 0 Å². The van der Waals surface area contributed by atoms with Gasteiger partial charge in [0.2, 0.25) is 0 Å². The van der Waals surface area contributed by atoms with Crippen molar-refractivity contribution in [1.29, 1.82) is 0 Å². The number of aromatic nitrogens is 1. The third-order valence-electron chi connectivity index (χ3n) is 4.56. The Kier molecular flexibility index (Phi) is 7.78. The Balaban J connectivity index is 1.64. The van der Waals surface area contributed by atoms with Crippen molar-refractivity contribution < 1.29 is 14.3 Å². The molecule has 1 aromatic heterocycles. The lowest BCUT2D eigenvalue weighted by molar-refractivity contribution is -0.134. The molecule has 2 aromatic carbocycles. The van der Waals surface area contributed by atoms with Gasteiger partial charge in [0.05, 0.1) is 18.8 Å². The Labute approximate surface area is 171 Å². The SMILES string of the molecule is COCCN(Cc1ccccn1)C(=O)COc1ccccc1Cc1ccccc1. The maximum absolute atomic E-state index is 12.8. The van der Waals surface area contributed by atoms with E-state index in [4.69, 9.17) is 9.47 Å². The molecular formula is C24H26N2O3. The summed E-state index contributed by atoms with van der Waals surface area (Å²) in [5.74, 6) is 0.636. The van der Waals surface area contributed by atoms with E-state index in [2.05, 4.69) is 17.1 Å². The molecule has 5 nitrogen and oxygen atoms in total. The van der Waals surface area contributed by atoms with Crippen LogP contribution in [0.15, 0.2) is 79.0 Å². The zero-order valence-corrected chi connectivity index (χ0v) is 16.7. The molecule has 0 atom stereocenters. The second kappa shape index (κ2) is 11.0. The predicted molar refractivity (Wildman–Crippen MR) is 113 cm³/mol. The van der Waals surface area contributed by atoms with Gasteiger partial charge in [0.25, 0.3) is 5.91 Å². The fraction of sp³-hybridized carbons (Fsp3) is 0.250. The smallest absolute Gasteiger partial charge is 0.260 e. The number of para-hydroxylation sites is 1. The summed E-state index contributed by atoms with van der Waals surface area (Å²) < 4.78 is 11.1. The second-order valence-corrected chi connectivity index (χ2v) is 6.69. The number of ether oxygens (including phenoxy) is 2. The molecule has 0 spiro atoms. The van der Waals surface area contributed by atoms with Crippen molar-refractivity contribution in [2.45, 2.75) is 13.0 Å². The van der Waals surface area contributed by atoms with Crippen molar-refractivity contribution in [3.63, 3.8) is 0 Å². The minimum absolute atomic E-state index is 0.0254. The molecule has 0 N–H and O–H groups in total. The molecule has 0 saturated carbocycles. The lowest BCUT2D eigenvalue weighted by atomic mass is 10.0. The molecule has 3 rings (SSSR count). The molecule has 0 aliphatic carbocycles. The van der Waals surface area contributed by atoms with Crippen molar-refractivity contribution >= 4 is 5.91 Å². The Bertz CT molecular complexity index is 885. The number of amides is 1. The van der Waals surface area contributed by atoms with Crippen LogP contribution in [0.3, 0.4) is 0 Å². The van der Waals surface area contributed by atoms with Crippen molar-refractivity contribution in [3.05, 3.63) is 95.8 Å². The molecule has 0 unspecified atom stereocenters. The maximum atomic E-state index is 12.8. The van der Waals surface area contributed by atoms with Crippen molar-refractivity contribution in [2.24, 2.45) is 0 Å². The number of benzene rings is 2. The average molecular weight is 390 g/mol. The number of hydrogen-bond donors (Lipinski definition) is 0. The van der Waals surface area contributed by atoms with Crippen LogP contribution in [0, 0.1) is 0 Å². The monoisotopic (exact) mass is 390 g/mol. The summed E-state index contributed by atoms with van der Waals surface area (Å²) in [6, 6.07) is 23.7. The first-order chi connectivity index (χ1) is 14.3. The Morgan fingerprint density at radius 1 is 0.966 bits per heavy atom. The molecule has 0 bridgehead atoms. The van der Waals surface area contributed by atoms with Gasteiger partial charge < -0.3 is 14.4 Å². The zero-order valence-electron chi connectivity index (χ0n) is 16.7. The summed E-state index contributed by atoms with van der Waals surface area (Å²) in [6.07, 6.45) is 2.48. The lowest BCUT2D eigenvalue weighted by Gasteiger charge is -2.22. The van der Waals surface area contributed by atoms with Crippen molar-refractivity contribution in [3.8, 4) is 5.75 Å². The van der Waals surface area contributed by atoms with Crippen LogP contribution in [0.1, 0.15) is 16.8 Å². The highest BCUT2D eigenvalue weighted by Gasteiger charge is 2.16. The average Bonchev–Trinajstić information content (AvgIpc) is 2.77. The van der Waals surface area contributed by atoms with Gasteiger partial charge >= 0.3 is 0 Å². The number of pyridine rings is 1. The quantitative estimate of drug-likeness (QED) is 0.529. The summed E-state index contributed by atoms with van der Waals surface area (Å²) in [6.45, 7) is 1.35. The van der Waals surface area contributed by atoms with Gasteiger partial charge in [-0.1, -0.05) is 54.6 Å². The minimum atomic E-state index is -0.0952. The van der Waals surface area contributed by atoms with Gasteiger partial charge in [0, 0.05) is 26.3 Å². The molecular weight excluding hydrogens is 364 g/mol. The first-order valence-electron chi connectivity index (χ1n) is 9.67. The minimum Gasteiger partial charge on any atom is -0.483 e. The molecule has 0 aliphatic heterocycles. The van der Waals surface area contributed by atoms with E-state index < -0.39 is 0 Å². The highest BCUT2D eigenvalue weighted by molar-refractivity contribution is 5.77. The van der Waals surface area contributed by atoms with E-state index in [-0.39, 0.29) is 12.5 Å². The van der Waals surface area contributed by atoms with E-state index in [1.807, 2.05) is 60.7 Å². The van der Waals surface area contributed by atoms with Gasteiger partial charge in [-0.15, -0.1) is 0 Å². The molecule has 0 fully saturated rings. The number of rotatable bonds is 10. The number of nitrogens with zero attached hydrogens (tertiary/aromatic N) is 2. The van der Waals surface area contributed by atoms with Gasteiger partial charge in [-0.25, -0.2) is 0 Å². The standard InChI is InChI=1S/C24H26N2O3/c1-28-16-15-26(18-22-12-7-8-14-25-22)24(27)19-29-23-13-6-5-11-21(23)17-20-9-3-2-4-10-20/h2-14H,15-19H2,1H3. The summed E-state index contributed by atoms with van der Waals surface area (Å²) in [5.41, 5.74) is 3.09. The van der Waals surface area contributed by atoms with Crippen LogP contribution >= 0.6 is 0 Å². The fourth-order valence-corrected chi connectivity index (χ4v) is 3.02. The number of hydrogen-bond acceptors (Lipinski definition) is 4. The summed E-state index contributed by atoms with van der Waals surface area (Å²) >= 11 is 0. The fourth-order valence-electron chi connectivity index (χ4n) is 3.02. The molecule has 29 heavy (non-hydrogen) atoms. The predicted octanol–water partition coefficient (Wildman–Crippen LogP) is 3.73. The highest BCUT2D eigenvalue weighted by atomic mass is 16.5. The third kappa shape index (κ3) is 6.43. The molecule has 3 aromatic rings. The lowest BCUT2D eigenvalue weighted by Crippen LogP contribution is -2.37. The summed E-state index contributed by atoms with van der Waals surface area (Å²) in [7, 11) is 1.62. The first kappa shape index (κ1) is 20.6. The van der Waals surface area contributed by atoms with E-state index in [1.165, 1.54) is 5.56 Å². The van der Waals surface area contributed by atoms with E-state index in [9.17, 15) is 4.79 Å². The molecule has 0 saturated heterocycles. The van der Waals surface area contributed by atoms with E-state index in [0.29, 0.717) is 19.7 Å². The molecule has 150 valence electrons. The van der Waals surface area contributed by atoms with Crippen LogP contribution in [0.2, 0.25) is 0 Å². The zero-order chi connectivity index (χ0) is 20.3. The van der Waals surface area contributed by atoms with Crippen LogP contribution in [-0.2, 0) is 22.5 Å². The number of carbonyl (C=O) groups excluding carboxylic acids is 1. The molecule has 0 aliphatic rings. The number of carbonyl (C=O) groups is 1. The van der Waals surface area contributed by atoms with E-state index in [1.54, 1.807) is 18.2 Å². The van der Waals surface area contributed by atoms with Gasteiger partial charge in [-0.05, 0) is 29.3 Å². The van der Waals surface area contributed by atoms with Crippen LogP contribution in [0.5, 0.6) is 5.75 Å². The van der Waals surface area contributed by atoms with E-state index in [0.717, 1.165) is 23.4 Å². The molecule has 1 heterocycles. The van der Waals surface area contributed by atoms with Crippen LogP contribution in [0.4, 0.5) is 0 Å². The first-order valence-corrected chi connectivity index (χ1v) is 9.67. The Morgan fingerprint density at radius 3 is 2.48 bits per heavy atom. The molecule has 5 heteroatoms. The summed E-state index contributed by atoms with van der Waals surface area (Å²) in [4.78, 5) is 18.8. The number of methoxy groups -OCH3 is 1. The third-order valence-corrected chi connectivity index (χ3v) is 4.56. The topological polar surface area (TPSA) is 51.7 Å². The maximum Gasteiger partial charge on any atom is 0.260 e.